The lowest BCUT2D eigenvalue weighted by Gasteiger charge is -2.40. The standard InChI is InChI=1S/C42H72N6O9/c1-14-24(6)21-30-42(57)46(12)28(10)40(55)48-20-18-17-19-31(48)37(52)44-33(35(50)23(4)5)32(49)22-29(25(7)15-2)41(56)45(11)27(9)39(54)47(13)34(38(53)43-30)36(51)26(8)16-3/h14,23-31,33-36,50-51H,1,15-22H2,2-13H3,(H,43,53)(H,44,52). The number of carbonyl (C=O) groups is 7. The lowest BCUT2D eigenvalue weighted by molar-refractivity contribution is -0.154. The van der Waals surface area contributed by atoms with E-state index in [4.69, 9.17) is 0 Å². The number of hydrogen-bond donors (Lipinski definition) is 4. The van der Waals surface area contributed by atoms with E-state index in [2.05, 4.69) is 17.2 Å². The zero-order chi connectivity index (χ0) is 43.6. The average Bonchev–Trinajstić information content (AvgIpc) is 3.20. The average molecular weight is 805 g/mol. The normalized spacial score (nSPS) is 29.9. The van der Waals surface area contributed by atoms with Gasteiger partial charge in [0.05, 0.1) is 12.2 Å². The first-order valence-electron chi connectivity index (χ1n) is 20.8. The van der Waals surface area contributed by atoms with Crippen molar-refractivity contribution in [1.82, 2.24) is 30.2 Å². The number of nitrogens with zero attached hydrogens (tertiary/aromatic N) is 4. The van der Waals surface area contributed by atoms with Crippen LogP contribution < -0.4 is 10.6 Å². The number of aliphatic hydroxyl groups excluding tert-OH is 2. The van der Waals surface area contributed by atoms with E-state index in [0.717, 1.165) is 4.90 Å². The van der Waals surface area contributed by atoms with Crippen molar-refractivity contribution in [3.05, 3.63) is 12.7 Å². The lowest BCUT2D eigenvalue weighted by atomic mass is 9.83. The van der Waals surface area contributed by atoms with Crippen molar-refractivity contribution in [3.8, 4) is 0 Å². The van der Waals surface area contributed by atoms with E-state index in [1.54, 1.807) is 26.8 Å². The van der Waals surface area contributed by atoms with Gasteiger partial charge < -0.3 is 40.4 Å². The second-order valence-corrected chi connectivity index (χ2v) is 17.0. The van der Waals surface area contributed by atoms with Gasteiger partial charge in [0.1, 0.15) is 36.3 Å². The van der Waals surface area contributed by atoms with Gasteiger partial charge in [-0.2, -0.15) is 0 Å². The Balaban J connectivity index is 2.85. The monoisotopic (exact) mass is 805 g/mol. The second kappa shape index (κ2) is 21.8. The minimum absolute atomic E-state index is 0.0934. The van der Waals surface area contributed by atoms with E-state index in [1.165, 1.54) is 49.7 Å². The minimum Gasteiger partial charge on any atom is -0.390 e. The molecular weight excluding hydrogens is 732 g/mol. The molecule has 0 aromatic rings. The van der Waals surface area contributed by atoms with Crippen LogP contribution >= 0.6 is 0 Å². The molecule has 2 saturated heterocycles. The molecule has 0 aliphatic carbocycles. The van der Waals surface area contributed by atoms with Gasteiger partial charge in [0, 0.05) is 40.0 Å². The Bertz CT molecular complexity index is 1460. The van der Waals surface area contributed by atoms with Crippen molar-refractivity contribution in [1.29, 1.82) is 0 Å². The van der Waals surface area contributed by atoms with Gasteiger partial charge in [-0.3, -0.25) is 33.6 Å². The highest BCUT2D eigenvalue weighted by Gasteiger charge is 2.44. The molecular formula is C42H72N6O9. The summed E-state index contributed by atoms with van der Waals surface area (Å²) >= 11 is 0. The van der Waals surface area contributed by atoms with Crippen LogP contribution in [0, 0.1) is 29.6 Å². The molecule has 0 spiro atoms. The summed E-state index contributed by atoms with van der Waals surface area (Å²) in [5.74, 6) is -6.76. The smallest absolute Gasteiger partial charge is 0.246 e. The van der Waals surface area contributed by atoms with Crippen LogP contribution in [0.1, 0.15) is 107 Å². The molecule has 2 heterocycles. The van der Waals surface area contributed by atoms with Gasteiger partial charge in [0.15, 0.2) is 5.78 Å². The first kappa shape index (κ1) is 49.3. The van der Waals surface area contributed by atoms with Gasteiger partial charge in [0.2, 0.25) is 35.4 Å². The first-order valence-corrected chi connectivity index (χ1v) is 20.8. The molecule has 15 nitrogen and oxygen atoms in total. The van der Waals surface area contributed by atoms with E-state index < -0.39 is 107 Å². The van der Waals surface area contributed by atoms with Crippen molar-refractivity contribution in [2.45, 2.75) is 156 Å². The molecule has 12 atom stereocenters. The lowest BCUT2D eigenvalue weighted by Crippen LogP contribution is -2.62. The van der Waals surface area contributed by atoms with Crippen molar-refractivity contribution < 1.29 is 43.8 Å². The molecule has 6 amide bonds. The third-order valence-electron chi connectivity index (χ3n) is 12.6. The van der Waals surface area contributed by atoms with Crippen molar-refractivity contribution in [3.63, 3.8) is 0 Å². The summed E-state index contributed by atoms with van der Waals surface area (Å²) < 4.78 is 0. The van der Waals surface area contributed by atoms with Gasteiger partial charge in [-0.25, -0.2) is 0 Å². The zero-order valence-corrected chi connectivity index (χ0v) is 36.5. The fourth-order valence-electron chi connectivity index (χ4n) is 7.57. The molecule has 15 heteroatoms. The van der Waals surface area contributed by atoms with Crippen LogP contribution in [0.15, 0.2) is 12.7 Å². The molecule has 57 heavy (non-hydrogen) atoms. The Morgan fingerprint density at radius 1 is 0.754 bits per heavy atom. The predicted molar refractivity (Wildman–Crippen MR) is 217 cm³/mol. The number of aliphatic hydroxyl groups is 2. The van der Waals surface area contributed by atoms with Gasteiger partial charge >= 0.3 is 0 Å². The number of rotatable bonds is 10. The van der Waals surface area contributed by atoms with Crippen LogP contribution in [0.4, 0.5) is 0 Å². The van der Waals surface area contributed by atoms with E-state index in [0.29, 0.717) is 25.7 Å². The Morgan fingerprint density at radius 3 is 1.88 bits per heavy atom. The summed E-state index contributed by atoms with van der Waals surface area (Å²) in [6.07, 6.45) is 1.18. The fraction of sp³-hybridized carbons (Fsp3) is 0.786. The molecule has 2 aliphatic heterocycles. The number of carbonyl (C=O) groups excluding carboxylic acids is 7. The quantitative estimate of drug-likeness (QED) is 0.239. The highest BCUT2D eigenvalue weighted by Crippen LogP contribution is 2.27. The Morgan fingerprint density at radius 2 is 1.33 bits per heavy atom. The molecule has 2 aliphatic rings. The van der Waals surface area contributed by atoms with Gasteiger partial charge in [0.25, 0.3) is 0 Å². The van der Waals surface area contributed by atoms with Gasteiger partial charge in [-0.1, -0.05) is 67.4 Å². The SMILES string of the molecule is C=CC(C)CC1NC(=O)C(C(O)C(C)CC)N(C)C(=O)C(C)N(C)C(=O)C(C(C)CC)CC(=O)C(C(O)C(C)C)NC(=O)C2CCCCN2C(=O)C(C)N(C)C1=O. The maximum atomic E-state index is 14.3. The van der Waals surface area contributed by atoms with Gasteiger partial charge in [-0.15, -0.1) is 6.58 Å². The number of piperidine rings is 1. The van der Waals surface area contributed by atoms with Crippen LogP contribution in [0.3, 0.4) is 0 Å². The molecule has 0 aromatic carbocycles. The molecule has 4 N–H and O–H groups in total. The molecule has 324 valence electrons. The van der Waals surface area contributed by atoms with Gasteiger partial charge in [-0.05, 0) is 63.2 Å². The number of Topliss-reactive ketones (excluding diaryl/α,β-unsaturated/α-hetero) is 1. The highest BCUT2D eigenvalue weighted by molar-refractivity contribution is 5.98. The van der Waals surface area contributed by atoms with E-state index in [9.17, 15) is 43.8 Å². The first-order chi connectivity index (χ1) is 26.6. The van der Waals surface area contributed by atoms with Crippen molar-refractivity contribution in [2.24, 2.45) is 29.6 Å². The molecule has 2 rings (SSSR count). The van der Waals surface area contributed by atoms with Crippen LogP contribution in [0.25, 0.3) is 0 Å². The van der Waals surface area contributed by atoms with Crippen LogP contribution in [0.5, 0.6) is 0 Å². The Labute approximate surface area is 340 Å². The summed E-state index contributed by atoms with van der Waals surface area (Å²) in [6, 6.07) is -7.29. The summed E-state index contributed by atoms with van der Waals surface area (Å²) in [7, 11) is 4.24. The third-order valence-corrected chi connectivity index (χ3v) is 12.6. The predicted octanol–water partition coefficient (Wildman–Crippen LogP) is 2.13. The van der Waals surface area contributed by atoms with Crippen LogP contribution in [-0.4, -0.2) is 147 Å². The zero-order valence-electron chi connectivity index (χ0n) is 36.5. The van der Waals surface area contributed by atoms with E-state index in [-0.39, 0.29) is 37.6 Å². The number of likely N-dealkylation sites (N-methyl/N-ethyl adjacent to an activating group) is 3. The molecule has 12 unspecified atom stereocenters. The molecule has 2 fully saturated rings. The summed E-state index contributed by atoms with van der Waals surface area (Å²) in [6.45, 7) is 19.6. The third kappa shape index (κ3) is 11.9. The Kier molecular flexibility index (Phi) is 18.8. The number of nitrogens with one attached hydrogen (secondary N) is 2. The summed E-state index contributed by atoms with van der Waals surface area (Å²) in [5, 5.41) is 28.4. The largest absolute Gasteiger partial charge is 0.390 e. The number of ketones is 1. The maximum absolute atomic E-state index is 14.3. The second-order valence-electron chi connectivity index (χ2n) is 17.0. The molecule has 0 radical (unpaired) electrons. The van der Waals surface area contributed by atoms with Crippen LogP contribution in [0.2, 0.25) is 0 Å². The van der Waals surface area contributed by atoms with E-state index in [1.807, 2.05) is 27.7 Å². The van der Waals surface area contributed by atoms with Crippen molar-refractivity contribution >= 4 is 41.2 Å². The van der Waals surface area contributed by atoms with Crippen LogP contribution in [-0.2, 0) is 33.6 Å². The number of fused-ring (bicyclic) bond motifs is 1. The topological polar surface area (TPSA) is 197 Å². The molecule has 0 saturated carbocycles. The number of hydrogen-bond acceptors (Lipinski definition) is 9. The highest BCUT2D eigenvalue weighted by atomic mass is 16.3. The molecule has 0 aromatic heterocycles. The molecule has 0 bridgehead atoms. The summed E-state index contributed by atoms with van der Waals surface area (Å²) in [4.78, 5) is 105. The number of allylic oxidation sites excluding steroid dienone is 1. The van der Waals surface area contributed by atoms with E-state index >= 15 is 0 Å². The maximum Gasteiger partial charge on any atom is 0.246 e. The number of amides is 6. The van der Waals surface area contributed by atoms with Crippen molar-refractivity contribution in [2.75, 3.05) is 27.7 Å². The Hall–Kier alpha value is -3.85. The minimum atomic E-state index is -1.47. The fourth-order valence-corrected chi connectivity index (χ4v) is 7.57. The summed E-state index contributed by atoms with van der Waals surface area (Å²) in [5.41, 5.74) is 0.